The van der Waals surface area contributed by atoms with Gasteiger partial charge in [-0.3, -0.25) is 14.9 Å². The molecule has 0 fully saturated rings. The molecule has 2 heterocycles. The number of nitrogens with zero attached hydrogens (tertiary/aromatic N) is 1. The molecule has 0 aliphatic heterocycles. The third kappa shape index (κ3) is 5.42. The first kappa shape index (κ1) is 20.1. The molecule has 3 rings (SSSR count). The molecule has 0 aliphatic rings. The number of rotatable bonds is 6. The summed E-state index contributed by atoms with van der Waals surface area (Å²) in [6.45, 7) is 0.378. The van der Waals surface area contributed by atoms with Crippen molar-refractivity contribution in [3.8, 4) is 5.75 Å². The Labute approximate surface area is 165 Å². The van der Waals surface area contributed by atoms with E-state index in [1.807, 2.05) is 0 Å². The minimum atomic E-state index is -4.42. The van der Waals surface area contributed by atoms with Crippen LogP contribution in [0.5, 0.6) is 5.75 Å². The number of ether oxygens (including phenoxy) is 1. The molecule has 11 heteroatoms. The summed E-state index contributed by atoms with van der Waals surface area (Å²) < 4.78 is 42.1. The lowest BCUT2D eigenvalue weighted by molar-refractivity contribution is -0.153. The van der Waals surface area contributed by atoms with E-state index < -0.39 is 12.8 Å². The van der Waals surface area contributed by atoms with E-state index in [-0.39, 0.29) is 17.6 Å². The third-order valence-electron chi connectivity index (χ3n) is 3.38. The van der Waals surface area contributed by atoms with Gasteiger partial charge in [0.15, 0.2) is 11.7 Å². The van der Waals surface area contributed by atoms with Gasteiger partial charge in [-0.05, 0) is 30.3 Å². The molecule has 0 saturated carbocycles. The van der Waals surface area contributed by atoms with Gasteiger partial charge in [-0.15, -0.1) is 11.3 Å². The predicted octanol–water partition coefficient (Wildman–Crippen LogP) is 4.19. The van der Waals surface area contributed by atoms with Crippen molar-refractivity contribution >= 4 is 49.8 Å². The zero-order valence-corrected chi connectivity index (χ0v) is 16.1. The number of halogens is 3. The molecule has 0 aliphatic carbocycles. The summed E-state index contributed by atoms with van der Waals surface area (Å²) >= 11 is 2.38. The molecule has 0 radical (unpaired) electrons. The second-order valence-corrected chi connectivity index (χ2v) is 7.88. The number of thiophene rings is 1. The maximum atomic E-state index is 12.4. The maximum absolute atomic E-state index is 12.4. The van der Waals surface area contributed by atoms with Crippen molar-refractivity contribution in [2.24, 2.45) is 0 Å². The van der Waals surface area contributed by atoms with Crippen LogP contribution in [0.4, 0.5) is 18.3 Å². The highest BCUT2D eigenvalue weighted by Crippen LogP contribution is 2.30. The van der Waals surface area contributed by atoms with Gasteiger partial charge in [0.25, 0.3) is 5.91 Å². The maximum Gasteiger partial charge on any atom is 0.422 e. The largest absolute Gasteiger partial charge is 0.484 e. The molecule has 0 bridgehead atoms. The smallest absolute Gasteiger partial charge is 0.422 e. The zero-order chi connectivity index (χ0) is 20.3. The van der Waals surface area contributed by atoms with Crippen molar-refractivity contribution in [3.63, 3.8) is 0 Å². The fourth-order valence-corrected chi connectivity index (χ4v) is 3.91. The van der Waals surface area contributed by atoms with E-state index in [2.05, 4.69) is 15.6 Å². The van der Waals surface area contributed by atoms with Crippen molar-refractivity contribution < 1.29 is 27.5 Å². The molecule has 148 valence electrons. The number of carbonyl (C=O) groups excluding carboxylic acids is 2. The molecule has 0 unspecified atom stereocenters. The number of alkyl halides is 3. The van der Waals surface area contributed by atoms with Crippen LogP contribution in [-0.4, -0.2) is 29.6 Å². The van der Waals surface area contributed by atoms with E-state index in [9.17, 15) is 22.8 Å². The number of aromatic nitrogens is 1. The second-order valence-electron chi connectivity index (χ2n) is 5.68. The fourth-order valence-electron chi connectivity index (χ4n) is 2.18. The Bertz CT molecular complexity index is 1010. The van der Waals surface area contributed by atoms with Gasteiger partial charge < -0.3 is 10.1 Å². The van der Waals surface area contributed by atoms with Gasteiger partial charge in [0.2, 0.25) is 5.91 Å². The van der Waals surface area contributed by atoms with Gasteiger partial charge in [0, 0.05) is 11.8 Å². The van der Waals surface area contributed by atoms with Crippen LogP contribution in [0.3, 0.4) is 0 Å². The van der Waals surface area contributed by atoms with Gasteiger partial charge in [-0.2, -0.15) is 13.2 Å². The quantitative estimate of drug-likeness (QED) is 0.616. The van der Waals surface area contributed by atoms with Crippen LogP contribution < -0.4 is 15.4 Å². The normalized spacial score (nSPS) is 11.4. The topological polar surface area (TPSA) is 80.3 Å². The Morgan fingerprint density at radius 3 is 2.68 bits per heavy atom. The fraction of sp³-hybridized carbons (Fsp3) is 0.235. The van der Waals surface area contributed by atoms with Crippen molar-refractivity contribution in [3.05, 3.63) is 40.1 Å². The molecule has 0 atom stereocenters. The Balaban J connectivity index is 1.66. The van der Waals surface area contributed by atoms with E-state index >= 15 is 0 Å². The molecule has 6 nitrogen and oxygen atoms in total. The third-order valence-corrected chi connectivity index (χ3v) is 5.40. The minimum Gasteiger partial charge on any atom is -0.484 e. The van der Waals surface area contributed by atoms with Crippen molar-refractivity contribution in [1.82, 2.24) is 10.3 Å². The van der Waals surface area contributed by atoms with Gasteiger partial charge in [-0.25, -0.2) is 4.98 Å². The van der Waals surface area contributed by atoms with Crippen LogP contribution in [0.2, 0.25) is 0 Å². The Morgan fingerprint density at radius 1 is 1.18 bits per heavy atom. The van der Waals surface area contributed by atoms with E-state index in [0.29, 0.717) is 26.8 Å². The van der Waals surface area contributed by atoms with Crippen molar-refractivity contribution in [2.75, 3.05) is 11.9 Å². The van der Waals surface area contributed by atoms with Gasteiger partial charge in [0.05, 0.1) is 21.6 Å². The van der Waals surface area contributed by atoms with Gasteiger partial charge >= 0.3 is 6.18 Å². The monoisotopic (exact) mass is 429 g/mol. The average molecular weight is 429 g/mol. The molecule has 0 spiro atoms. The number of amides is 2. The summed E-state index contributed by atoms with van der Waals surface area (Å²) in [5.41, 5.74) is 0.539. The Kier molecular flexibility index (Phi) is 5.84. The number of hydrogen-bond acceptors (Lipinski definition) is 6. The molecular formula is C17H14F3N3O3S2. The second kappa shape index (κ2) is 8.15. The summed E-state index contributed by atoms with van der Waals surface area (Å²) in [5.74, 6) is -0.439. The molecule has 28 heavy (non-hydrogen) atoms. The molecule has 2 amide bonds. The lowest BCUT2D eigenvalue weighted by Crippen LogP contribution is -2.19. The highest BCUT2D eigenvalue weighted by Gasteiger charge is 2.28. The van der Waals surface area contributed by atoms with Crippen LogP contribution in [0, 0.1) is 0 Å². The first-order valence-electron chi connectivity index (χ1n) is 7.94. The molecule has 0 saturated heterocycles. The predicted molar refractivity (Wildman–Crippen MR) is 101 cm³/mol. The Hall–Kier alpha value is -2.66. The van der Waals surface area contributed by atoms with Crippen molar-refractivity contribution in [1.29, 1.82) is 0 Å². The summed E-state index contributed by atoms with van der Waals surface area (Å²) in [7, 11) is 0. The lowest BCUT2D eigenvalue weighted by Gasteiger charge is -2.08. The van der Waals surface area contributed by atoms with Crippen LogP contribution in [0.1, 0.15) is 21.5 Å². The molecule has 2 N–H and O–H groups in total. The molecule has 3 aromatic rings. The summed E-state index contributed by atoms with van der Waals surface area (Å²) in [6, 6.07) is 7.77. The van der Waals surface area contributed by atoms with E-state index in [1.54, 1.807) is 12.1 Å². The number of anilines is 1. The van der Waals surface area contributed by atoms with Gasteiger partial charge in [0.1, 0.15) is 5.75 Å². The molecule has 2 aromatic heterocycles. The minimum absolute atomic E-state index is 0.0761. The van der Waals surface area contributed by atoms with Crippen LogP contribution in [0.15, 0.2) is 30.3 Å². The van der Waals surface area contributed by atoms with Gasteiger partial charge in [-0.1, -0.05) is 11.3 Å². The number of hydrogen-bond donors (Lipinski definition) is 2. The SMILES string of the molecule is CC(=O)NCc1ccc(C(=O)Nc2nc3ccc(OCC(F)(F)F)cc3s2)s1. The Morgan fingerprint density at radius 2 is 1.96 bits per heavy atom. The number of fused-ring (bicyclic) bond motifs is 1. The van der Waals surface area contributed by atoms with Crippen molar-refractivity contribution in [2.45, 2.75) is 19.6 Å². The highest BCUT2D eigenvalue weighted by atomic mass is 32.1. The van der Waals surface area contributed by atoms with E-state index in [1.165, 1.54) is 36.5 Å². The number of benzene rings is 1. The average Bonchev–Trinajstić information content (AvgIpc) is 3.23. The summed E-state index contributed by atoms with van der Waals surface area (Å²) in [6.07, 6.45) is -4.42. The first-order valence-corrected chi connectivity index (χ1v) is 9.57. The first-order chi connectivity index (χ1) is 13.2. The van der Waals surface area contributed by atoms with E-state index in [0.717, 1.165) is 16.2 Å². The highest BCUT2D eigenvalue weighted by molar-refractivity contribution is 7.22. The number of nitrogens with one attached hydrogen (secondary N) is 2. The summed E-state index contributed by atoms with van der Waals surface area (Å²) in [5, 5.41) is 5.65. The lowest BCUT2D eigenvalue weighted by atomic mass is 10.3. The number of carbonyl (C=O) groups is 2. The molecular weight excluding hydrogens is 415 g/mol. The number of thiazole rings is 1. The van der Waals surface area contributed by atoms with Crippen LogP contribution in [0.25, 0.3) is 10.2 Å². The van der Waals surface area contributed by atoms with Crippen LogP contribution >= 0.6 is 22.7 Å². The molecule has 1 aromatic carbocycles. The van der Waals surface area contributed by atoms with E-state index in [4.69, 9.17) is 4.74 Å². The zero-order valence-electron chi connectivity index (χ0n) is 14.4. The standard InChI is InChI=1S/C17H14F3N3O3S2/c1-9(24)21-7-11-3-5-13(27-11)15(25)23-16-22-12-4-2-10(6-14(12)28-16)26-8-17(18,19)20/h2-6H,7-8H2,1H3,(H,21,24)(H,22,23,25). The van der Waals surface area contributed by atoms with Crippen LogP contribution in [-0.2, 0) is 11.3 Å². The summed E-state index contributed by atoms with van der Waals surface area (Å²) in [4.78, 5) is 28.8.